The minimum absolute atomic E-state index is 0.0520. The maximum atomic E-state index is 13.3. The summed E-state index contributed by atoms with van der Waals surface area (Å²) in [5.41, 5.74) is 7.61. The monoisotopic (exact) mass is 500 g/mol. The number of hydrogen-bond acceptors (Lipinski definition) is 8. The molecule has 9 nitrogen and oxygen atoms in total. The number of nitrogens with two attached hydrogens (primary N) is 1. The number of hydrogen-bond donors (Lipinski definition) is 2. The molecule has 2 aromatic rings. The molecule has 37 heavy (non-hydrogen) atoms. The molecule has 1 unspecified atom stereocenters. The van der Waals surface area contributed by atoms with Crippen LogP contribution in [-0.2, 0) is 23.9 Å². The summed E-state index contributed by atoms with van der Waals surface area (Å²) in [5, 5.41) is 13.1. The number of nitrogens with zero attached hydrogens (tertiary/aromatic N) is 2. The van der Waals surface area contributed by atoms with Crippen LogP contribution in [0.15, 0.2) is 77.3 Å². The van der Waals surface area contributed by atoms with Crippen LogP contribution >= 0.6 is 0 Å². The second-order valence-electron chi connectivity index (χ2n) is 8.82. The van der Waals surface area contributed by atoms with Crippen molar-refractivity contribution >= 4 is 29.2 Å². The third kappa shape index (κ3) is 4.78. The number of carbonyl (C=O) groups is 3. The van der Waals surface area contributed by atoms with Crippen molar-refractivity contribution in [1.29, 1.82) is 5.26 Å². The third-order valence-corrected chi connectivity index (χ3v) is 6.74. The van der Waals surface area contributed by atoms with Crippen molar-refractivity contribution in [1.82, 2.24) is 0 Å². The summed E-state index contributed by atoms with van der Waals surface area (Å²) in [7, 11) is 2.38. The molecule has 0 spiro atoms. The number of para-hydroxylation sites is 2. The van der Waals surface area contributed by atoms with Gasteiger partial charge in [-0.1, -0.05) is 55.3 Å². The molecule has 9 heteroatoms. The van der Waals surface area contributed by atoms with E-state index in [1.165, 1.54) is 19.1 Å². The lowest BCUT2D eigenvalue weighted by Gasteiger charge is -2.36. The molecular formula is C28H28N4O5. The van der Waals surface area contributed by atoms with Gasteiger partial charge in [0.2, 0.25) is 5.91 Å². The van der Waals surface area contributed by atoms with E-state index in [0.29, 0.717) is 16.9 Å². The van der Waals surface area contributed by atoms with Crippen LogP contribution in [0.5, 0.6) is 0 Å². The molecule has 1 amide bonds. The fourth-order valence-corrected chi connectivity index (χ4v) is 4.96. The number of esters is 2. The lowest BCUT2D eigenvalue weighted by atomic mass is 9.81. The Morgan fingerprint density at radius 3 is 2.22 bits per heavy atom. The Morgan fingerprint density at radius 1 is 0.973 bits per heavy atom. The summed E-state index contributed by atoms with van der Waals surface area (Å²) in [6, 6.07) is 17.7. The van der Waals surface area contributed by atoms with Gasteiger partial charge in [0.05, 0.1) is 48.7 Å². The molecule has 1 heterocycles. The molecule has 4 rings (SSSR count). The highest BCUT2D eigenvalue weighted by atomic mass is 16.5. The van der Waals surface area contributed by atoms with Crippen molar-refractivity contribution < 1.29 is 23.9 Å². The van der Waals surface area contributed by atoms with Gasteiger partial charge in [-0.25, -0.2) is 9.59 Å². The van der Waals surface area contributed by atoms with Gasteiger partial charge >= 0.3 is 11.9 Å². The van der Waals surface area contributed by atoms with Gasteiger partial charge in [0, 0.05) is 5.92 Å². The summed E-state index contributed by atoms with van der Waals surface area (Å²) < 4.78 is 10.1. The molecule has 0 radical (unpaired) electrons. The van der Waals surface area contributed by atoms with Crippen molar-refractivity contribution in [3.8, 4) is 6.07 Å². The van der Waals surface area contributed by atoms with Crippen molar-refractivity contribution in [3.05, 3.63) is 82.8 Å². The maximum Gasteiger partial charge on any atom is 0.355 e. The van der Waals surface area contributed by atoms with Crippen molar-refractivity contribution in [3.63, 3.8) is 0 Å². The van der Waals surface area contributed by atoms with Crippen molar-refractivity contribution in [2.45, 2.75) is 31.6 Å². The number of methoxy groups -OCH3 is 2. The minimum atomic E-state index is -0.968. The van der Waals surface area contributed by atoms with Gasteiger partial charge in [-0.05, 0) is 30.5 Å². The number of benzene rings is 2. The van der Waals surface area contributed by atoms with Gasteiger partial charge in [-0.3, -0.25) is 9.69 Å². The van der Waals surface area contributed by atoms with Crippen LogP contribution in [0.1, 0.15) is 37.2 Å². The summed E-state index contributed by atoms with van der Waals surface area (Å²) in [6.45, 7) is 0. The smallest absolute Gasteiger partial charge is 0.355 e. The Morgan fingerprint density at radius 2 is 1.59 bits per heavy atom. The molecule has 0 aromatic heterocycles. The van der Waals surface area contributed by atoms with Crippen molar-refractivity contribution in [2.75, 3.05) is 24.4 Å². The van der Waals surface area contributed by atoms with E-state index in [4.69, 9.17) is 15.2 Å². The predicted octanol–water partition coefficient (Wildman–Crippen LogP) is 3.71. The summed E-state index contributed by atoms with van der Waals surface area (Å²) in [4.78, 5) is 40.7. The number of rotatable bonds is 6. The van der Waals surface area contributed by atoms with Gasteiger partial charge in [0.25, 0.3) is 0 Å². The second-order valence-corrected chi connectivity index (χ2v) is 8.82. The van der Waals surface area contributed by atoms with Crippen LogP contribution in [0.2, 0.25) is 0 Å². The maximum absolute atomic E-state index is 13.3. The molecule has 0 bridgehead atoms. The van der Waals surface area contributed by atoms with E-state index >= 15 is 0 Å². The Balaban J connectivity index is 1.95. The standard InChI is InChI=1S/C28H28N4O5/c1-36-27(34)23-22(17-10-4-3-5-11-17)19(16-29)25(30)32(24(23)28(35)37-2)21-15-9-8-14-20(21)31-26(33)18-12-6-7-13-18/h3-5,8-11,14-15,18,22H,6-7,12-13,30H2,1-2H3,(H,31,33). The molecule has 1 aliphatic heterocycles. The second kappa shape index (κ2) is 11.0. The van der Waals surface area contributed by atoms with E-state index in [2.05, 4.69) is 11.4 Å². The van der Waals surface area contributed by atoms with E-state index in [9.17, 15) is 19.6 Å². The Bertz CT molecular complexity index is 1320. The lowest BCUT2D eigenvalue weighted by Crippen LogP contribution is -2.41. The van der Waals surface area contributed by atoms with Crippen LogP contribution in [0.25, 0.3) is 0 Å². The zero-order valence-electron chi connectivity index (χ0n) is 20.7. The fourth-order valence-electron chi connectivity index (χ4n) is 4.96. The normalized spacial score (nSPS) is 17.9. The van der Waals surface area contributed by atoms with E-state index in [1.807, 2.05) is 0 Å². The molecule has 0 saturated heterocycles. The van der Waals surface area contributed by atoms with Gasteiger partial charge in [0.1, 0.15) is 11.5 Å². The minimum Gasteiger partial charge on any atom is -0.466 e. The van der Waals surface area contributed by atoms with Gasteiger partial charge in [-0.2, -0.15) is 5.26 Å². The van der Waals surface area contributed by atoms with Crippen LogP contribution in [0, 0.1) is 17.2 Å². The number of nitriles is 1. The first kappa shape index (κ1) is 25.5. The molecule has 2 aromatic carbocycles. The molecule has 3 N–H and O–H groups in total. The molecule has 2 aliphatic rings. The molecule has 1 saturated carbocycles. The average molecular weight is 501 g/mol. The number of ether oxygens (including phenoxy) is 2. The van der Waals surface area contributed by atoms with E-state index in [0.717, 1.165) is 25.7 Å². The quantitative estimate of drug-likeness (QED) is 0.573. The Kier molecular flexibility index (Phi) is 7.58. The first-order chi connectivity index (χ1) is 17.9. The first-order valence-electron chi connectivity index (χ1n) is 12.0. The summed E-state index contributed by atoms with van der Waals surface area (Å²) >= 11 is 0. The molecule has 190 valence electrons. The van der Waals surface area contributed by atoms with E-state index < -0.39 is 17.9 Å². The molecule has 1 atom stereocenters. The highest BCUT2D eigenvalue weighted by molar-refractivity contribution is 6.07. The average Bonchev–Trinajstić information content (AvgIpc) is 3.48. The van der Waals surface area contributed by atoms with Crippen molar-refractivity contribution in [2.24, 2.45) is 11.7 Å². The van der Waals surface area contributed by atoms with Gasteiger partial charge in [0.15, 0.2) is 0 Å². The Hall–Kier alpha value is -4.58. The fraction of sp³-hybridized carbons (Fsp3) is 0.286. The Labute approximate surface area is 215 Å². The lowest BCUT2D eigenvalue weighted by molar-refractivity contribution is -0.139. The van der Waals surface area contributed by atoms with Crippen LogP contribution in [-0.4, -0.2) is 32.1 Å². The number of allylic oxidation sites excluding steroid dienone is 1. The third-order valence-electron chi connectivity index (χ3n) is 6.74. The predicted molar refractivity (Wildman–Crippen MR) is 137 cm³/mol. The topological polar surface area (TPSA) is 135 Å². The van der Waals surface area contributed by atoms with E-state index in [1.54, 1.807) is 54.6 Å². The molecule has 1 aliphatic carbocycles. The highest BCUT2D eigenvalue weighted by Crippen LogP contribution is 2.44. The summed E-state index contributed by atoms with van der Waals surface area (Å²) in [5.74, 6) is -2.94. The molecule has 1 fully saturated rings. The zero-order chi connectivity index (χ0) is 26.5. The highest BCUT2D eigenvalue weighted by Gasteiger charge is 2.43. The van der Waals surface area contributed by atoms with Crippen LogP contribution in [0.4, 0.5) is 11.4 Å². The van der Waals surface area contributed by atoms with Gasteiger partial charge < -0.3 is 20.5 Å². The first-order valence-corrected chi connectivity index (χ1v) is 12.0. The molecular weight excluding hydrogens is 472 g/mol. The zero-order valence-corrected chi connectivity index (χ0v) is 20.7. The van der Waals surface area contributed by atoms with E-state index in [-0.39, 0.29) is 34.5 Å². The number of anilines is 2. The SMILES string of the molecule is COC(=O)C1=C(C(=O)OC)N(c2ccccc2NC(=O)C2CCCC2)C(N)=C(C#N)C1c1ccccc1. The number of amides is 1. The largest absolute Gasteiger partial charge is 0.466 e. The van der Waals surface area contributed by atoms with Gasteiger partial charge in [-0.15, -0.1) is 0 Å². The number of carbonyl (C=O) groups excluding carboxylic acids is 3. The number of nitrogens with one attached hydrogen (secondary N) is 1. The summed E-state index contributed by atoms with van der Waals surface area (Å²) in [6.07, 6.45) is 3.59. The van der Waals surface area contributed by atoms with Crippen LogP contribution < -0.4 is 16.0 Å². The van der Waals surface area contributed by atoms with Crippen LogP contribution in [0.3, 0.4) is 0 Å².